The van der Waals surface area contributed by atoms with Gasteiger partial charge >= 0.3 is 5.97 Å². The molecule has 2 fully saturated rings. The molecule has 1 N–H and O–H groups in total. The second-order valence-corrected chi connectivity index (χ2v) is 6.19. The molecule has 0 radical (unpaired) electrons. The molecule has 0 saturated carbocycles. The summed E-state index contributed by atoms with van der Waals surface area (Å²) in [6.45, 7) is 7.17. The van der Waals surface area contributed by atoms with Gasteiger partial charge in [-0.05, 0) is 26.2 Å². The van der Waals surface area contributed by atoms with E-state index < -0.39 is 29.3 Å². The molecule has 22 heavy (non-hydrogen) atoms. The van der Waals surface area contributed by atoms with Crippen molar-refractivity contribution in [3.05, 3.63) is 12.7 Å². The van der Waals surface area contributed by atoms with Crippen LogP contribution in [-0.2, 0) is 19.1 Å². The van der Waals surface area contributed by atoms with Crippen LogP contribution in [0.25, 0.3) is 0 Å². The van der Waals surface area contributed by atoms with Crippen LogP contribution in [0.3, 0.4) is 0 Å². The molecular formula is C16H25NO5. The van der Waals surface area contributed by atoms with E-state index in [9.17, 15) is 14.7 Å². The molecule has 6 heteroatoms. The van der Waals surface area contributed by atoms with Gasteiger partial charge in [0, 0.05) is 0 Å². The highest BCUT2D eigenvalue weighted by atomic mass is 16.6. The Labute approximate surface area is 131 Å². The maximum atomic E-state index is 12.8. The maximum Gasteiger partial charge on any atom is 0.337 e. The third-order valence-corrected chi connectivity index (χ3v) is 4.97. The standard InChI is InChI=1S/C16H25NO5/c1-5-7-9-12-17-13(18)11(8-6-2)15(3,20)16(17,10-22-12)14(19)21-4/h6,11-12,20H,2,5,7-10H2,1,3-4H3/t11-,12-,15+,16+/m0/s1. The molecule has 0 bridgehead atoms. The van der Waals surface area contributed by atoms with Crippen LogP contribution in [0.1, 0.15) is 39.5 Å². The zero-order chi connectivity index (χ0) is 16.5. The van der Waals surface area contributed by atoms with Crippen molar-refractivity contribution in [3.63, 3.8) is 0 Å². The number of hydrogen-bond donors (Lipinski definition) is 1. The van der Waals surface area contributed by atoms with E-state index in [0.29, 0.717) is 12.8 Å². The summed E-state index contributed by atoms with van der Waals surface area (Å²) in [7, 11) is 1.26. The Bertz CT molecular complexity index is 475. The summed E-state index contributed by atoms with van der Waals surface area (Å²) < 4.78 is 10.6. The first-order valence-corrected chi connectivity index (χ1v) is 7.75. The van der Waals surface area contributed by atoms with E-state index in [1.807, 2.05) is 6.92 Å². The van der Waals surface area contributed by atoms with E-state index in [2.05, 4.69) is 6.58 Å². The first kappa shape index (κ1) is 17.0. The molecule has 2 heterocycles. The first-order valence-electron chi connectivity index (χ1n) is 7.75. The molecule has 2 saturated heterocycles. The number of aliphatic hydroxyl groups is 1. The minimum Gasteiger partial charge on any atom is -0.467 e. The van der Waals surface area contributed by atoms with E-state index in [1.165, 1.54) is 18.9 Å². The maximum absolute atomic E-state index is 12.8. The summed E-state index contributed by atoms with van der Waals surface area (Å²) in [5.74, 6) is -1.61. The van der Waals surface area contributed by atoms with Gasteiger partial charge in [-0.2, -0.15) is 0 Å². The zero-order valence-electron chi connectivity index (χ0n) is 13.5. The van der Waals surface area contributed by atoms with Crippen molar-refractivity contribution in [2.75, 3.05) is 13.7 Å². The van der Waals surface area contributed by atoms with Crippen LogP contribution < -0.4 is 0 Å². The molecule has 0 aromatic carbocycles. The number of fused-ring (bicyclic) bond motifs is 1. The highest BCUT2D eigenvalue weighted by molar-refractivity contribution is 5.96. The fourth-order valence-electron chi connectivity index (χ4n) is 3.64. The molecule has 0 aliphatic carbocycles. The summed E-state index contributed by atoms with van der Waals surface area (Å²) in [6, 6.07) is 0. The molecule has 2 aliphatic heterocycles. The largest absolute Gasteiger partial charge is 0.467 e. The van der Waals surface area contributed by atoms with Crippen LogP contribution >= 0.6 is 0 Å². The monoisotopic (exact) mass is 311 g/mol. The summed E-state index contributed by atoms with van der Waals surface area (Å²) in [6.07, 6.45) is 3.87. The lowest BCUT2D eigenvalue weighted by Crippen LogP contribution is -2.63. The highest BCUT2D eigenvalue weighted by Gasteiger charge is 2.74. The number of carbonyl (C=O) groups is 2. The Hall–Kier alpha value is -1.40. The average molecular weight is 311 g/mol. The van der Waals surface area contributed by atoms with E-state index >= 15 is 0 Å². The molecule has 4 atom stereocenters. The smallest absolute Gasteiger partial charge is 0.337 e. The molecule has 2 aliphatic rings. The van der Waals surface area contributed by atoms with Gasteiger partial charge < -0.3 is 14.6 Å². The predicted molar refractivity (Wildman–Crippen MR) is 79.8 cm³/mol. The summed E-state index contributed by atoms with van der Waals surface area (Å²) in [5, 5.41) is 11.0. The molecule has 0 unspecified atom stereocenters. The molecule has 0 spiro atoms. The minimum atomic E-state index is -1.56. The van der Waals surface area contributed by atoms with Gasteiger partial charge in [-0.3, -0.25) is 9.69 Å². The Morgan fingerprint density at radius 2 is 2.32 bits per heavy atom. The Morgan fingerprint density at radius 3 is 2.86 bits per heavy atom. The topological polar surface area (TPSA) is 76.1 Å². The van der Waals surface area contributed by atoms with Gasteiger partial charge in [0.2, 0.25) is 5.91 Å². The third-order valence-electron chi connectivity index (χ3n) is 4.97. The lowest BCUT2D eigenvalue weighted by molar-refractivity contribution is -0.166. The second kappa shape index (κ2) is 6.01. The summed E-state index contributed by atoms with van der Waals surface area (Å²) >= 11 is 0. The third kappa shape index (κ3) is 2.08. The van der Waals surface area contributed by atoms with Gasteiger partial charge in [0.15, 0.2) is 5.54 Å². The van der Waals surface area contributed by atoms with Crippen molar-refractivity contribution in [1.82, 2.24) is 4.90 Å². The summed E-state index contributed by atoms with van der Waals surface area (Å²) in [4.78, 5) is 26.7. The number of ether oxygens (including phenoxy) is 2. The molecule has 1 amide bonds. The number of nitrogens with zero attached hydrogens (tertiary/aromatic N) is 1. The fraction of sp³-hybridized carbons (Fsp3) is 0.750. The highest BCUT2D eigenvalue weighted by Crippen LogP contribution is 2.50. The van der Waals surface area contributed by atoms with Gasteiger partial charge in [0.25, 0.3) is 0 Å². The van der Waals surface area contributed by atoms with Gasteiger partial charge in [0.1, 0.15) is 11.8 Å². The zero-order valence-corrected chi connectivity index (χ0v) is 13.5. The van der Waals surface area contributed by atoms with Crippen LogP contribution in [0.5, 0.6) is 0 Å². The van der Waals surface area contributed by atoms with Crippen LogP contribution in [0, 0.1) is 5.92 Å². The van der Waals surface area contributed by atoms with Crippen LogP contribution in [0.2, 0.25) is 0 Å². The lowest BCUT2D eigenvalue weighted by Gasteiger charge is -2.38. The van der Waals surface area contributed by atoms with Crippen molar-refractivity contribution < 1.29 is 24.2 Å². The molecule has 2 rings (SSSR count). The van der Waals surface area contributed by atoms with Crippen molar-refractivity contribution in [2.45, 2.75) is 56.9 Å². The Balaban J connectivity index is 2.46. The van der Waals surface area contributed by atoms with Crippen molar-refractivity contribution in [1.29, 1.82) is 0 Å². The Morgan fingerprint density at radius 1 is 1.64 bits per heavy atom. The number of carbonyl (C=O) groups excluding carboxylic acids is 2. The normalized spacial score (nSPS) is 37.3. The number of rotatable bonds is 6. The molecule has 124 valence electrons. The fourth-order valence-corrected chi connectivity index (χ4v) is 3.64. The number of methoxy groups -OCH3 is 1. The lowest BCUT2D eigenvalue weighted by atomic mass is 9.75. The van der Waals surface area contributed by atoms with Crippen LogP contribution in [0.15, 0.2) is 12.7 Å². The van der Waals surface area contributed by atoms with E-state index in [1.54, 1.807) is 6.08 Å². The average Bonchev–Trinajstić information content (AvgIpc) is 2.95. The van der Waals surface area contributed by atoms with Gasteiger partial charge in [-0.1, -0.05) is 19.4 Å². The number of unbranched alkanes of at least 4 members (excludes halogenated alkanes) is 1. The van der Waals surface area contributed by atoms with Crippen LogP contribution in [-0.4, -0.2) is 53.0 Å². The van der Waals surface area contributed by atoms with Crippen molar-refractivity contribution >= 4 is 11.9 Å². The minimum absolute atomic E-state index is 0.0412. The van der Waals surface area contributed by atoms with E-state index in [-0.39, 0.29) is 12.5 Å². The van der Waals surface area contributed by atoms with Gasteiger partial charge in [-0.15, -0.1) is 6.58 Å². The quantitative estimate of drug-likeness (QED) is 0.590. The Kier molecular flexibility index (Phi) is 4.63. The number of amides is 1. The molecule has 6 nitrogen and oxygen atoms in total. The molecule has 0 aromatic heterocycles. The first-order chi connectivity index (χ1) is 10.4. The van der Waals surface area contributed by atoms with Gasteiger partial charge in [0.05, 0.1) is 19.6 Å². The number of allylic oxidation sites excluding steroid dienone is 1. The molecule has 0 aromatic rings. The number of esters is 1. The van der Waals surface area contributed by atoms with Gasteiger partial charge in [-0.25, -0.2) is 4.79 Å². The SMILES string of the molecule is C=CC[C@H]1C(=O)N2[C@H](CCCC)OC[C@@]2(C(=O)OC)[C@]1(C)O. The van der Waals surface area contributed by atoms with Crippen LogP contribution in [0.4, 0.5) is 0 Å². The summed E-state index contributed by atoms with van der Waals surface area (Å²) in [5.41, 5.74) is -3.03. The van der Waals surface area contributed by atoms with Crippen molar-refractivity contribution in [3.8, 4) is 0 Å². The van der Waals surface area contributed by atoms with Crippen molar-refractivity contribution in [2.24, 2.45) is 5.92 Å². The number of hydrogen-bond acceptors (Lipinski definition) is 5. The predicted octanol–water partition coefficient (Wildman–Crippen LogP) is 1.23. The van der Waals surface area contributed by atoms with E-state index in [4.69, 9.17) is 9.47 Å². The molecular weight excluding hydrogens is 286 g/mol. The van der Waals surface area contributed by atoms with E-state index in [0.717, 1.165) is 12.8 Å². The second-order valence-electron chi connectivity index (χ2n) is 6.19.